The van der Waals surface area contributed by atoms with Gasteiger partial charge in [-0.3, -0.25) is 0 Å². The van der Waals surface area contributed by atoms with Crippen molar-refractivity contribution in [3.05, 3.63) is 34.0 Å². The summed E-state index contributed by atoms with van der Waals surface area (Å²) in [4.78, 5) is 0. The van der Waals surface area contributed by atoms with Crippen molar-refractivity contribution in [1.29, 1.82) is 0 Å². The summed E-state index contributed by atoms with van der Waals surface area (Å²) in [6, 6.07) is 5.03. The van der Waals surface area contributed by atoms with Gasteiger partial charge in [0.15, 0.2) is 10.8 Å². The molecule has 6 heteroatoms. The second-order valence-electron chi connectivity index (χ2n) is 3.80. The maximum Gasteiger partial charge on any atom is 0.152 e. The van der Waals surface area contributed by atoms with Gasteiger partial charge < -0.3 is 5.32 Å². The highest BCUT2D eigenvalue weighted by Gasteiger charge is 2.17. The van der Waals surface area contributed by atoms with Gasteiger partial charge in [0, 0.05) is 5.56 Å². The van der Waals surface area contributed by atoms with Crippen LogP contribution in [0.2, 0.25) is 5.02 Å². The first kappa shape index (κ1) is 13.4. The van der Waals surface area contributed by atoms with Gasteiger partial charge in [-0.05, 0) is 25.6 Å². The van der Waals surface area contributed by atoms with Gasteiger partial charge in [-0.25, -0.2) is 4.39 Å². The molecule has 1 N–H and O–H groups in total. The predicted octanol–water partition coefficient (Wildman–Crippen LogP) is 3.67. The van der Waals surface area contributed by atoms with Crippen LogP contribution in [0.15, 0.2) is 18.2 Å². The molecule has 1 aromatic heterocycles. The van der Waals surface area contributed by atoms with Crippen LogP contribution in [0.5, 0.6) is 0 Å². The number of halogens is 2. The number of hydrogen-bond acceptors (Lipinski definition) is 4. The molecule has 1 aromatic carbocycles. The topological polar surface area (TPSA) is 37.8 Å². The van der Waals surface area contributed by atoms with E-state index in [1.54, 1.807) is 12.1 Å². The van der Waals surface area contributed by atoms with Gasteiger partial charge in [-0.1, -0.05) is 35.9 Å². The SMILES string of the molecule is CCC(NC)c1nnc(-c2cccc(Cl)c2F)s1. The monoisotopic (exact) mass is 285 g/mol. The zero-order valence-corrected chi connectivity index (χ0v) is 11.6. The summed E-state index contributed by atoms with van der Waals surface area (Å²) in [6.45, 7) is 2.06. The van der Waals surface area contributed by atoms with Crippen LogP contribution >= 0.6 is 22.9 Å². The fraction of sp³-hybridized carbons (Fsp3) is 0.333. The van der Waals surface area contributed by atoms with Crippen LogP contribution in [-0.2, 0) is 0 Å². The number of benzene rings is 1. The molecule has 18 heavy (non-hydrogen) atoms. The molecule has 0 spiro atoms. The fourth-order valence-corrected chi connectivity index (χ4v) is 2.89. The van der Waals surface area contributed by atoms with Crippen molar-refractivity contribution < 1.29 is 4.39 Å². The van der Waals surface area contributed by atoms with Crippen LogP contribution in [0.4, 0.5) is 4.39 Å². The van der Waals surface area contributed by atoms with E-state index >= 15 is 0 Å². The maximum atomic E-state index is 13.9. The molecule has 0 aliphatic rings. The normalized spacial score (nSPS) is 12.7. The average Bonchev–Trinajstić information content (AvgIpc) is 2.84. The second kappa shape index (κ2) is 5.73. The van der Waals surface area contributed by atoms with E-state index in [9.17, 15) is 4.39 Å². The molecule has 0 aliphatic heterocycles. The van der Waals surface area contributed by atoms with E-state index in [0.29, 0.717) is 10.6 Å². The molecule has 0 aliphatic carbocycles. The summed E-state index contributed by atoms with van der Waals surface area (Å²) in [6.07, 6.45) is 0.906. The number of rotatable bonds is 4. The molecular weight excluding hydrogens is 273 g/mol. The molecule has 1 atom stereocenters. The van der Waals surface area contributed by atoms with Crippen LogP contribution in [0.1, 0.15) is 24.4 Å². The number of nitrogens with one attached hydrogen (secondary N) is 1. The third-order valence-corrected chi connectivity index (χ3v) is 4.04. The predicted molar refractivity (Wildman–Crippen MR) is 72.4 cm³/mol. The van der Waals surface area contributed by atoms with E-state index < -0.39 is 5.82 Å². The van der Waals surface area contributed by atoms with Crippen molar-refractivity contribution in [2.45, 2.75) is 19.4 Å². The largest absolute Gasteiger partial charge is 0.311 e. The minimum Gasteiger partial charge on any atom is -0.311 e. The van der Waals surface area contributed by atoms with E-state index in [1.165, 1.54) is 17.4 Å². The van der Waals surface area contributed by atoms with Crippen molar-refractivity contribution in [2.75, 3.05) is 7.05 Å². The fourth-order valence-electron chi connectivity index (χ4n) is 1.66. The zero-order valence-electron chi connectivity index (χ0n) is 10.1. The first-order valence-electron chi connectivity index (χ1n) is 5.62. The van der Waals surface area contributed by atoms with E-state index in [1.807, 2.05) is 7.05 Å². The van der Waals surface area contributed by atoms with Crippen molar-refractivity contribution in [3.8, 4) is 10.6 Å². The molecule has 0 radical (unpaired) electrons. The summed E-state index contributed by atoms with van der Waals surface area (Å²) in [5.74, 6) is -0.445. The van der Waals surface area contributed by atoms with Crippen LogP contribution in [0, 0.1) is 5.82 Å². The molecular formula is C12H13ClFN3S. The van der Waals surface area contributed by atoms with E-state index in [0.717, 1.165) is 11.4 Å². The average molecular weight is 286 g/mol. The Balaban J connectivity index is 2.38. The molecule has 96 valence electrons. The second-order valence-corrected chi connectivity index (χ2v) is 5.21. The third kappa shape index (κ3) is 2.53. The van der Waals surface area contributed by atoms with E-state index in [-0.39, 0.29) is 11.1 Å². The number of aromatic nitrogens is 2. The lowest BCUT2D eigenvalue weighted by atomic mass is 10.2. The number of nitrogens with zero attached hydrogens (tertiary/aromatic N) is 2. The Morgan fingerprint density at radius 2 is 2.22 bits per heavy atom. The van der Waals surface area contributed by atoms with Gasteiger partial charge in [0.2, 0.25) is 0 Å². The highest BCUT2D eigenvalue weighted by molar-refractivity contribution is 7.14. The lowest BCUT2D eigenvalue weighted by Crippen LogP contribution is -2.14. The molecule has 1 unspecified atom stereocenters. The summed E-state index contributed by atoms with van der Waals surface area (Å²) in [7, 11) is 1.87. The molecule has 0 fully saturated rings. The van der Waals surface area contributed by atoms with Gasteiger partial charge in [0.05, 0.1) is 11.1 Å². The van der Waals surface area contributed by atoms with Gasteiger partial charge >= 0.3 is 0 Å². The highest BCUT2D eigenvalue weighted by atomic mass is 35.5. The molecule has 1 heterocycles. The third-order valence-electron chi connectivity index (χ3n) is 2.68. The minimum atomic E-state index is -0.445. The van der Waals surface area contributed by atoms with Crippen LogP contribution in [0.3, 0.4) is 0 Å². The summed E-state index contributed by atoms with van der Waals surface area (Å²) in [5.41, 5.74) is 0.400. The minimum absolute atomic E-state index is 0.102. The highest BCUT2D eigenvalue weighted by Crippen LogP contribution is 2.31. The Bertz CT molecular complexity index is 540. The molecule has 0 saturated heterocycles. The standard InChI is InChI=1S/C12H13ClFN3S/c1-3-9(15-2)12-17-16-11(18-12)7-5-4-6-8(13)10(7)14/h4-6,9,15H,3H2,1-2H3. The summed E-state index contributed by atoms with van der Waals surface area (Å²) >= 11 is 7.14. The molecule has 2 aromatic rings. The Morgan fingerprint density at radius 1 is 1.44 bits per heavy atom. The summed E-state index contributed by atoms with van der Waals surface area (Å²) < 4.78 is 13.9. The molecule has 3 nitrogen and oxygen atoms in total. The Labute approximate surface area is 114 Å². The van der Waals surface area contributed by atoms with Crippen molar-refractivity contribution in [3.63, 3.8) is 0 Å². The van der Waals surface area contributed by atoms with Crippen LogP contribution in [-0.4, -0.2) is 17.2 Å². The van der Waals surface area contributed by atoms with Gasteiger partial charge in [-0.15, -0.1) is 10.2 Å². The van der Waals surface area contributed by atoms with Gasteiger partial charge in [0.25, 0.3) is 0 Å². The van der Waals surface area contributed by atoms with Crippen LogP contribution < -0.4 is 5.32 Å². The van der Waals surface area contributed by atoms with Gasteiger partial charge in [0.1, 0.15) is 5.01 Å². The van der Waals surface area contributed by atoms with Crippen LogP contribution in [0.25, 0.3) is 10.6 Å². The first-order chi connectivity index (χ1) is 8.67. The van der Waals surface area contributed by atoms with E-state index in [2.05, 4.69) is 22.4 Å². The van der Waals surface area contributed by atoms with Crippen molar-refractivity contribution >= 4 is 22.9 Å². The molecule has 0 amide bonds. The quantitative estimate of drug-likeness (QED) is 0.931. The zero-order chi connectivity index (χ0) is 13.1. The van der Waals surface area contributed by atoms with Gasteiger partial charge in [-0.2, -0.15) is 0 Å². The smallest absolute Gasteiger partial charge is 0.152 e. The number of hydrogen-bond donors (Lipinski definition) is 1. The Morgan fingerprint density at radius 3 is 2.89 bits per heavy atom. The Kier molecular flexibility index (Phi) is 4.27. The van der Waals surface area contributed by atoms with Crippen molar-refractivity contribution in [1.82, 2.24) is 15.5 Å². The lowest BCUT2D eigenvalue weighted by molar-refractivity contribution is 0.568. The molecule has 0 bridgehead atoms. The Hall–Kier alpha value is -1.04. The maximum absolute atomic E-state index is 13.9. The lowest BCUT2D eigenvalue weighted by Gasteiger charge is -2.08. The first-order valence-corrected chi connectivity index (χ1v) is 6.81. The molecule has 0 saturated carbocycles. The van der Waals surface area contributed by atoms with Crippen molar-refractivity contribution in [2.24, 2.45) is 0 Å². The molecule has 2 rings (SSSR count). The van der Waals surface area contributed by atoms with E-state index in [4.69, 9.17) is 11.6 Å². The summed E-state index contributed by atoms with van der Waals surface area (Å²) in [5, 5.41) is 12.8.